The van der Waals surface area contributed by atoms with E-state index in [2.05, 4.69) is 0 Å². The van der Waals surface area contributed by atoms with E-state index in [-0.39, 0.29) is 23.8 Å². The number of thiophene rings is 1. The van der Waals surface area contributed by atoms with Crippen molar-refractivity contribution < 1.29 is 9.59 Å². The van der Waals surface area contributed by atoms with Crippen LogP contribution in [-0.2, 0) is 22.6 Å². The molecule has 3 heterocycles. The van der Waals surface area contributed by atoms with Gasteiger partial charge in [-0.2, -0.15) is 0 Å². The molecule has 1 aromatic carbocycles. The highest BCUT2D eigenvalue weighted by Gasteiger charge is 2.25. The number of anilines is 1. The van der Waals surface area contributed by atoms with Gasteiger partial charge in [-0.25, -0.2) is 0 Å². The number of para-hydroxylation sites is 1. The van der Waals surface area contributed by atoms with Crippen molar-refractivity contribution in [2.45, 2.75) is 33.7 Å². The van der Waals surface area contributed by atoms with Gasteiger partial charge in [0.15, 0.2) is 5.78 Å². The van der Waals surface area contributed by atoms with Crippen molar-refractivity contribution >= 4 is 52.2 Å². The lowest BCUT2D eigenvalue weighted by atomic mass is 9.91. The number of fused-ring (bicyclic) bond motifs is 1. The fourth-order valence-electron chi connectivity index (χ4n) is 3.44. The second-order valence-electron chi connectivity index (χ2n) is 8.54. The zero-order valence-corrected chi connectivity index (χ0v) is 19.4. The third-order valence-corrected chi connectivity index (χ3v) is 7.11. The van der Waals surface area contributed by atoms with E-state index in [4.69, 9.17) is 0 Å². The lowest BCUT2D eigenvalue weighted by Gasteiger charge is -2.17. The molecule has 1 aliphatic heterocycles. The average molecular weight is 453 g/mol. The number of aromatic nitrogens is 1. The van der Waals surface area contributed by atoms with Crippen molar-refractivity contribution in [3.63, 3.8) is 0 Å². The Morgan fingerprint density at radius 3 is 2.61 bits per heavy atom. The summed E-state index contributed by atoms with van der Waals surface area (Å²) in [5.41, 5.74) is 1.22. The van der Waals surface area contributed by atoms with Gasteiger partial charge in [0.2, 0.25) is 5.91 Å². The number of Topliss-reactive ketones (excluding diaryl/α,β-unsaturated/α-hetero) is 1. The minimum atomic E-state index is -0.569. The van der Waals surface area contributed by atoms with Crippen LogP contribution >= 0.6 is 22.7 Å². The summed E-state index contributed by atoms with van der Waals surface area (Å²) in [4.78, 5) is 41.7. The van der Waals surface area contributed by atoms with Crippen LogP contribution in [0.3, 0.4) is 0 Å². The van der Waals surface area contributed by atoms with Gasteiger partial charge in [-0.15, -0.1) is 22.7 Å². The Labute approximate surface area is 188 Å². The smallest absolute Gasteiger partial charge is 0.269 e. The summed E-state index contributed by atoms with van der Waals surface area (Å²) in [6.45, 7) is 6.03. The average Bonchev–Trinajstić information content (AvgIpc) is 3.44. The molecular formula is C24H24N2O3S2. The van der Waals surface area contributed by atoms with E-state index in [0.29, 0.717) is 15.7 Å². The number of carbonyl (C=O) groups is 2. The topological polar surface area (TPSA) is 59.4 Å². The van der Waals surface area contributed by atoms with Crippen molar-refractivity contribution in [2.24, 2.45) is 5.41 Å². The van der Waals surface area contributed by atoms with Crippen LogP contribution in [0.1, 0.15) is 31.2 Å². The molecule has 0 radical (unpaired) electrons. The molecule has 0 N–H and O–H groups in total. The lowest BCUT2D eigenvalue weighted by molar-refractivity contribution is -0.120. The first-order chi connectivity index (χ1) is 14.7. The summed E-state index contributed by atoms with van der Waals surface area (Å²) in [5.74, 6) is -0.227. The normalized spacial score (nSPS) is 14.9. The van der Waals surface area contributed by atoms with Crippen LogP contribution in [0.5, 0.6) is 0 Å². The Bertz CT molecular complexity index is 1310. The number of carbonyl (C=O) groups excluding carboxylic acids is 2. The fraction of sp³-hybridized carbons (Fsp3) is 0.292. The van der Waals surface area contributed by atoms with Gasteiger partial charge < -0.3 is 4.90 Å². The van der Waals surface area contributed by atoms with Gasteiger partial charge in [0.05, 0.1) is 4.53 Å². The van der Waals surface area contributed by atoms with Crippen LogP contribution in [0, 0.1) is 5.41 Å². The van der Waals surface area contributed by atoms with Crippen LogP contribution in [0.2, 0.25) is 0 Å². The van der Waals surface area contributed by atoms with Gasteiger partial charge in [0, 0.05) is 28.6 Å². The minimum absolute atomic E-state index is 0.0795. The van der Waals surface area contributed by atoms with Gasteiger partial charge in [-0.05, 0) is 35.6 Å². The number of amides is 1. The molecular weight excluding hydrogens is 428 g/mol. The van der Waals surface area contributed by atoms with E-state index in [9.17, 15) is 14.4 Å². The third-order valence-electron chi connectivity index (χ3n) is 5.23. The number of benzene rings is 1. The van der Waals surface area contributed by atoms with Crippen molar-refractivity contribution in [3.8, 4) is 0 Å². The second kappa shape index (κ2) is 8.40. The number of hydrogen-bond acceptors (Lipinski definition) is 5. The van der Waals surface area contributed by atoms with Gasteiger partial charge in [0.1, 0.15) is 11.2 Å². The molecule has 160 valence electrons. The number of nitrogens with zero attached hydrogens (tertiary/aromatic N) is 2. The van der Waals surface area contributed by atoms with E-state index >= 15 is 0 Å². The summed E-state index contributed by atoms with van der Waals surface area (Å²) in [7, 11) is 0. The van der Waals surface area contributed by atoms with Gasteiger partial charge in [0.25, 0.3) is 5.56 Å². The standard InChI is InChI=1S/C24H24N2O3S2/c1-24(2,3)20(27)14-22-26(23(29)19(31-22)13-17-8-6-12-30-17)15-21(28)25-11-10-16-7-4-5-9-18(16)25/h4-9,12-14H,10-11,15H2,1-3H3/b19-13+,22-14-. The molecule has 1 amide bonds. The summed E-state index contributed by atoms with van der Waals surface area (Å²) in [5, 5.41) is 1.95. The van der Waals surface area contributed by atoms with Gasteiger partial charge >= 0.3 is 0 Å². The molecule has 0 saturated carbocycles. The van der Waals surface area contributed by atoms with E-state index in [1.54, 1.807) is 4.90 Å². The molecule has 2 aromatic heterocycles. The summed E-state index contributed by atoms with van der Waals surface area (Å²) in [6, 6.07) is 11.7. The zero-order chi connectivity index (χ0) is 22.2. The highest BCUT2D eigenvalue weighted by molar-refractivity contribution is 7.11. The number of ketones is 1. The maximum absolute atomic E-state index is 13.2. The Morgan fingerprint density at radius 2 is 1.90 bits per heavy atom. The van der Waals surface area contributed by atoms with Crippen molar-refractivity contribution in [2.75, 3.05) is 11.4 Å². The first kappa shape index (κ1) is 21.5. The fourth-order valence-corrected chi connectivity index (χ4v) is 5.21. The first-order valence-electron chi connectivity index (χ1n) is 10.1. The van der Waals surface area contributed by atoms with E-state index < -0.39 is 5.41 Å². The molecule has 0 unspecified atom stereocenters. The maximum Gasteiger partial charge on any atom is 0.269 e. The van der Waals surface area contributed by atoms with E-state index in [0.717, 1.165) is 22.5 Å². The Hall–Kier alpha value is -2.77. The molecule has 0 saturated heterocycles. The SMILES string of the molecule is CC(C)(C)C(=O)/C=c1\s/c(=C/c2cccs2)c(=O)n1CC(=O)N1CCc2ccccc21. The van der Waals surface area contributed by atoms with Crippen LogP contribution in [-0.4, -0.2) is 22.8 Å². The molecule has 0 bridgehead atoms. The molecule has 4 rings (SSSR count). The zero-order valence-electron chi connectivity index (χ0n) is 17.8. The Morgan fingerprint density at radius 1 is 1.13 bits per heavy atom. The van der Waals surface area contributed by atoms with E-state index in [1.807, 2.05) is 68.6 Å². The molecule has 7 heteroatoms. The highest BCUT2D eigenvalue weighted by atomic mass is 32.1. The van der Waals surface area contributed by atoms with Crippen molar-refractivity contribution in [3.05, 3.63) is 71.8 Å². The molecule has 0 atom stereocenters. The summed E-state index contributed by atoms with van der Waals surface area (Å²) < 4.78 is 2.47. The summed E-state index contributed by atoms with van der Waals surface area (Å²) in [6.07, 6.45) is 4.13. The predicted octanol–water partition coefficient (Wildman–Crippen LogP) is 2.79. The predicted molar refractivity (Wildman–Crippen MR) is 127 cm³/mol. The molecule has 5 nitrogen and oxygen atoms in total. The van der Waals surface area contributed by atoms with Crippen LogP contribution in [0.15, 0.2) is 46.6 Å². The van der Waals surface area contributed by atoms with Gasteiger partial charge in [-0.1, -0.05) is 45.0 Å². The number of thiazole rings is 1. The van der Waals surface area contributed by atoms with E-state index in [1.165, 1.54) is 33.3 Å². The maximum atomic E-state index is 13.2. The lowest BCUT2D eigenvalue weighted by Crippen LogP contribution is -2.40. The molecule has 0 fully saturated rings. The molecule has 31 heavy (non-hydrogen) atoms. The molecule has 0 aliphatic carbocycles. The molecule has 3 aromatic rings. The summed E-state index contributed by atoms with van der Waals surface area (Å²) >= 11 is 2.79. The third kappa shape index (κ3) is 4.48. The first-order valence-corrected chi connectivity index (χ1v) is 11.8. The number of rotatable bonds is 4. The Kier molecular flexibility index (Phi) is 5.81. The Balaban J connectivity index is 1.77. The monoisotopic (exact) mass is 452 g/mol. The minimum Gasteiger partial charge on any atom is -0.310 e. The van der Waals surface area contributed by atoms with Crippen LogP contribution in [0.25, 0.3) is 12.2 Å². The number of hydrogen-bond donors (Lipinski definition) is 0. The van der Waals surface area contributed by atoms with Crippen LogP contribution < -0.4 is 19.7 Å². The van der Waals surface area contributed by atoms with Crippen molar-refractivity contribution in [1.82, 2.24) is 4.57 Å². The van der Waals surface area contributed by atoms with Crippen molar-refractivity contribution in [1.29, 1.82) is 0 Å². The van der Waals surface area contributed by atoms with Gasteiger partial charge in [-0.3, -0.25) is 19.0 Å². The molecule has 1 aliphatic rings. The largest absolute Gasteiger partial charge is 0.310 e. The second-order valence-corrected chi connectivity index (χ2v) is 10.6. The highest BCUT2D eigenvalue weighted by Crippen LogP contribution is 2.27. The quantitative estimate of drug-likeness (QED) is 0.612. The van der Waals surface area contributed by atoms with Crippen LogP contribution in [0.4, 0.5) is 5.69 Å². The molecule has 0 spiro atoms.